The molecule has 78 valence electrons. The van der Waals surface area contributed by atoms with Crippen molar-refractivity contribution in [2.24, 2.45) is 0 Å². The Morgan fingerprint density at radius 3 is 2.29 bits per heavy atom. The second-order valence-electron chi connectivity index (χ2n) is 3.06. The molecule has 0 saturated carbocycles. The molecular formula is C11H17NO2. The summed E-state index contributed by atoms with van der Waals surface area (Å²) < 4.78 is 10.4. The SMILES string of the molecule is CNC[C@H](OC)c1ccc(OC)cc1. The van der Waals surface area contributed by atoms with Crippen molar-refractivity contribution in [3.05, 3.63) is 29.8 Å². The molecule has 0 heterocycles. The Kier molecular flexibility index (Phi) is 4.43. The van der Waals surface area contributed by atoms with Gasteiger partial charge >= 0.3 is 0 Å². The topological polar surface area (TPSA) is 30.5 Å². The predicted octanol–water partition coefficient (Wildman–Crippen LogP) is 1.60. The first-order valence-corrected chi connectivity index (χ1v) is 4.63. The van der Waals surface area contributed by atoms with Gasteiger partial charge in [-0.25, -0.2) is 0 Å². The number of rotatable bonds is 5. The van der Waals surface area contributed by atoms with E-state index in [2.05, 4.69) is 5.32 Å². The summed E-state index contributed by atoms with van der Waals surface area (Å²) in [6.07, 6.45) is 0.103. The Labute approximate surface area is 85.0 Å². The van der Waals surface area contributed by atoms with Crippen LogP contribution in [0.5, 0.6) is 5.75 Å². The van der Waals surface area contributed by atoms with Gasteiger partial charge in [-0.2, -0.15) is 0 Å². The number of methoxy groups -OCH3 is 2. The zero-order chi connectivity index (χ0) is 10.4. The zero-order valence-corrected chi connectivity index (χ0v) is 8.91. The smallest absolute Gasteiger partial charge is 0.118 e. The highest BCUT2D eigenvalue weighted by molar-refractivity contribution is 5.28. The highest BCUT2D eigenvalue weighted by Gasteiger charge is 2.08. The first kappa shape index (κ1) is 11.0. The maximum Gasteiger partial charge on any atom is 0.118 e. The van der Waals surface area contributed by atoms with Gasteiger partial charge in [-0.05, 0) is 24.7 Å². The minimum absolute atomic E-state index is 0.103. The van der Waals surface area contributed by atoms with E-state index in [1.807, 2.05) is 31.3 Å². The summed E-state index contributed by atoms with van der Waals surface area (Å²) in [5.41, 5.74) is 1.16. The van der Waals surface area contributed by atoms with Crippen LogP contribution in [0.1, 0.15) is 11.7 Å². The van der Waals surface area contributed by atoms with E-state index < -0.39 is 0 Å². The maximum atomic E-state index is 5.35. The van der Waals surface area contributed by atoms with Gasteiger partial charge in [-0.1, -0.05) is 12.1 Å². The van der Waals surface area contributed by atoms with Gasteiger partial charge in [0.2, 0.25) is 0 Å². The highest BCUT2D eigenvalue weighted by atomic mass is 16.5. The van der Waals surface area contributed by atoms with Gasteiger partial charge in [0.1, 0.15) is 5.75 Å². The summed E-state index contributed by atoms with van der Waals surface area (Å²) in [6.45, 7) is 0.808. The fourth-order valence-electron chi connectivity index (χ4n) is 1.34. The minimum Gasteiger partial charge on any atom is -0.497 e. The monoisotopic (exact) mass is 195 g/mol. The molecule has 1 atom stereocenters. The van der Waals surface area contributed by atoms with Gasteiger partial charge in [0.25, 0.3) is 0 Å². The number of hydrogen-bond acceptors (Lipinski definition) is 3. The van der Waals surface area contributed by atoms with Crippen molar-refractivity contribution < 1.29 is 9.47 Å². The number of hydrogen-bond donors (Lipinski definition) is 1. The molecule has 3 nitrogen and oxygen atoms in total. The van der Waals surface area contributed by atoms with E-state index >= 15 is 0 Å². The molecule has 0 aromatic heterocycles. The number of likely N-dealkylation sites (N-methyl/N-ethyl adjacent to an activating group) is 1. The van der Waals surface area contributed by atoms with Crippen LogP contribution in [-0.4, -0.2) is 27.8 Å². The van der Waals surface area contributed by atoms with E-state index in [9.17, 15) is 0 Å². The van der Waals surface area contributed by atoms with E-state index in [-0.39, 0.29) is 6.10 Å². The molecule has 0 saturated heterocycles. The van der Waals surface area contributed by atoms with E-state index in [1.54, 1.807) is 14.2 Å². The Bertz CT molecular complexity index is 258. The average Bonchev–Trinajstić information content (AvgIpc) is 2.26. The largest absolute Gasteiger partial charge is 0.497 e. The van der Waals surface area contributed by atoms with Crippen LogP contribution in [0.15, 0.2) is 24.3 Å². The van der Waals surface area contributed by atoms with Crippen molar-refractivity contribution in [2.75, 3.05) is 27.8 Å². The van der Waals surface area contributed by atoms with Gasteiger partial charge in [0.05, 0.1) is 13.2 Å². The molecule has 0 aliphatic carbocycles. The molecule has 0 aliphatic rings. The summed E-state index contributed by atoms with van der Waals surface area (Å²) in [5.74, 6) is 0.869. The van der Waals surface area contributed by atoms with Crippen molar-refractivity contribution >= 4 is 0 Å². The number of nitrogens with one attached hydrogen (secondary N) is 1. The molecule has 0 aliphatic heterocycles. The molecule has 0 unspecified atom stereocenters. The van der Waals surface area contributed by atoms with Gasteiger partial charge in [0.15, 0.2) is 0 Å². The van der Waals surface area contributed by atoms with Crippen molar-refractivity contribution in [2.45, 2.75) is 6.10 Å². The molecule has 0 bridgehead atoms. The summed E-state index contributed by atoms with van der Waals surface area (Å²) >= 11 is 0. The van der Waals surface area contributed by atoms with Crippen molar-refractivity contribution in [1.82, 2.24) is 5.32 Å². The maximum absolute atomic E-state index is 5.35. The van der Waals surface area contributed by atoms with E-state index in [0.717, 1.165) is 17.9 Å². The number of ether oxygens (including phenoxy) is 2. The third-order valence-electron chi connectivity index (χ3n) is 2.16. The van der Waals surface area contributed by atoms with Gasteiger partial charge in [-0.15, -0.1) is 0 Å². The van der Waals surface area contributed by atoms with Crippen LogP contribution in [0.4, 0.5) is 0 Å². The van der Waals surface area contributed by atoms with Crippen molar-refractivity contribution in [3.8, 4) is 5.75 Å². The van der Waals surface area contributed by atoms with Gasteiger partial charge in [-0.3, -0.25) is 0 Å². The second-order valence-corrected chi connectivity index (χ2v) is 3.06. The lowest BCUT2D eigenvalue weighted by molar-refractivity contribution is 0.104. The summed E-state index contributed by atoms with van der Waals surface area (Å²) in [6, 6.07) is 7.92. The highest BCUT2D eigenvalue weighted by Crippen LogP contribution is 2.19. The van der Waals surface area contributed by atoms with Crippen LogP contribution in [-0.2, 0) is 4.74 Å². The first-order valence-electron chi connectivity index (χ1n) is 4.63. The predicted molar refractivity (Wildman–Crippen MR) is 56.7 cm³/mol. The van der Waals surface area contributed by atoms with Crippen molar-refractivity contribution in [1.29, 1.82) is 0 Å². The fourth-order valence-corrected chi connectivity index (χ4v) is 1.34. The average molecular weight is 195 g/mol. The second kappa shape index (κ2) is 5.62. The van der Waals surface area contributed by atoms with Crippen LogP contribution in [0, 0.1) is 0 Å². The van der Waals surface area contributed by atoms with E-state index in [4.69, 9.17) is 9.47 Å². The molecule has 1 aromatic rings. The van der Waals surface area contributed by atoms with Gasteiger partial charge < -0.3 is 14.8 Å². The third-order valence-corrected chi connectivity index (χ3v) is 2.16. The lowest BCUT2D eigenvalue weighted by Gasteiger charge is -2.15. The molecule has 1 N–H and O–H groups in total. The molecular weight excluding hydrogens is 178 g/mol. The van der Waals surface area contributed by atoms with Crippen molar-refractivity contribution in [3.63, 3.8) is 0 Å². The Morgan fingerprint density at radius 1 is 1.21 bits per heavy atom. The molecule has 0 radical (unpaired) electrons. The molecule has 1 rings (SSSR count). The molecule has 14 heavy (non-hydrogen) atoms. The molecule has 1 aromatic carbocycles. The molecule has 0 fully saturated rings. The van der Waals surface area contributed by atoms with Crippen LogP contribution in [0.25, 0.3) is 0 Å². The van der Waals surface area contributed by atoms with Crippen LogP contribution in [0.2, 0.25) is 0 Å². The summed E-state index contributed by atoms with van der Waals surface area (Å²) in [7, 11) is 5.29. The molecule has 3 heteroatoms. The summed E-state index contributed by atoms with van der Waals surface area (Å²) in [4.78, 5) is 0. The lowest BCUT2D eigenvalue weighted by atomic mass is 10.1. The lowest BCUT2D eigenvalue weighted by Crippen LogP contribution is -2.18. The van der Waals surface area contributed by atoms with E-state index in [0.29, 0.717) is 0 Å². The first-order chi connectivity index (χ1) is 6.81. The number of benzene rings is 1. The Balaban J connectivity index is 2.73. The van der Waals surface area contributed by atoms with Crippen LogP contribution < -0.4 is 10.1 Å². The Morgan fingerprint density at radius 2 is 1.86 bits per heavy atom. The minimum atomic E-state index is 0.103. The molecule has 0 amide bonds. The fraction of sp³-hybridized carbons (Fsp3) is 0.455. The third kappa shape index (κ3) is 2.72. The van der Waals surface area contributed by atoms with Gasteiger partial charge in [0, 0.05) is 13.7 Å². The zero-order valence-electron chi connectivity index (χ0n) is 8.91. The van der Waals surface area contributed by atoms with Crippen LogP contribution >= 0.6 is 0 Å². The molecule has 0 spiro atoms. The standard InChI is InChI=1S/C11H17NO2/c1-12-8-11(14-3)9-4-6-10(13-2)7-5-9/h4-7,11-12H,8H2,1-3H3/t11-/m0/s1. The normalized spacial score (nSPS) is 12.5. The van der Waals surface area contributed by atoms with E-state index in [1.165, 1.54) is 0 Å². The summed E-state index contributed by atoms with van der Waals surface area (Å²) in [5, 5.41) is 3.09. The van der Waals surface area contributed by atoms with Crippen LogP contribution in [0.3, 0.4) is 0 Å². The Hall–Kier alpha value is -1.06. The quantitative estimate of drug-likeness (QED) is 0.774.